The summed E-state index contributed by atoms with van der Waals surface area (Å²) in [4.78, 5) is 33.0. The molecule has 2 aliphatic heterocycles. The lowest BCUT2D eigenvalue weighted by Gasteiger charge is -2.15. The Balaban J connectivity index is 1.78. The zero-order chi connectivity index (χ0) is 21.5. The number of hydrogen-bond acceptors (Lipinski definition) is 4. The van der Waals surface area contributed by atoms with E-state index in [1.54, 1.807) is 30.5 Å². The highest BCUT2D eigenvalue weighted by Crippen LogP contribution is 2.27. The van der Waals surface area contributed by atoms with Crippen LogP contribution in [0.1, 0.15) is 11.3 Å². The second-order valence-corrected chi connectivity index (χ2v) is 6.87. The van der Waals surface area contributed by atoms with Crippen molar-refractivity contribution in [1.82, 2.24) is 19.1 Å². The highest BCUT2D eigenvalue weighted by molar-refractivity contribution is 6.30. The first-order chi connectivity index (χ1) is 14.2. The molecule has 10 heteroatoms. The van der Waals surface area contributed by atoms with E-state index >= 15 is 0 Å². The smallest absolute Gasteiger partial charge is 0.328 e. The quantitative estimate of drug-likeness (QED) is 0.496. The molecule has 0 spiro atoms. The van der Waals surface area contributed by atoms with Gasteiger partial charge in [-0.2, -0.15) is 18.2 Å². The van der Waals surface area contributed by atoms with Crippen molar-refractivity contribution in [2.24, 2.45) is 0 Å². The van der Waals surface area contributed by atoms with E-state index in [0.29, 0.717) is 10.6 Å². The SMILES string of the molecule is O=c1nc2n(Cc3ccc(C(F)(F)F)nc3)cccc-2c(=O)n1-c1cccc(Cl)c1. The molecule has 0 N–H and O–H groups in total. The summed E-state index contributed by atoms with van der Waals surface area (Å²) in [5, 5.41) is 0.358. The van der Waals surface area contributed by atoms with Crippen LogP contribution in [0, 0.1) is 0 Å². The van der Waals surface area contributed by atoms with Gasteiger partial charge in [0.15, 0.2) is 5.82 Å². The van der Waals surface area contributed by atoms with Crippen LogP contribution < -0.4 is 11.2 Å². The molecule has 1 aromatic heterocycles. The number of halogens is 4. The summed E-state index contributed by atoms with van der Waals surface area (Å²) >= 11 is 5.95. The second kappa shape index (κ2) is 7.42. The minimum Gasteiger partial charge on any atom is -0.328 e. The maximum Gasteiger partial charge on any atom is 0.433 e. The van der Waals surface area contributed by atoms with Crippen LogP contribution in [-0.2, 0) is 12.7 Å². The number of rotatable bonds is 3. The Morgan fingerprint density at radius 3 is 2.50 bits per heavy atom. The summed E-state index contributed by atoms with van der Waals surface area (Å²) in [6, 6.07) is 11.5. The number of benzene rings is 1. The minimum absolute atomic E-state index is 0.0789. The zero-order valence-corrected chi connectivity index (χ0v) is 15.9. The van der Waals surface area contributed by atoms with Crippen molar-refractivity contribution in [3.05, 3.63) is 98.0 Å². The lowest BCUT2D eigenvalue weighted by atomic mass is 10.2. The van der Waals surface area contributed by atoms with Crippen molar-refractivity contribution in [2.75, 3.05) is 0 Å². The van der Waals surface area contributed by atoms with Crippen molar-refractivity contribution in [3.8, 4) is 17.1 Å². The monoisotopic (exact) mass is 432 g/mol. The Morgan fingerprint density at radius 2 is 1.83 bits per heavy atom. The zero-order valence-electron chi connectivity index (χ0n) is 15.1. The molecule has 0 fully saturated rings. The summed E-state index contributed by atoms with van der Waals surface area (Å²) in [5.74, 6) is 0.116. The van der Waals surface area contributed by atoms with E-state index in [4.69, 9.17) is 11.6 Å². The van der Waals surface area contributed by atoms with E-state index in [1.807, 2.05) is 0 Å². The molecule has 0 bridgehead atoms. The van der Waals surface area contributed by atoms with Crippen LogP contribution in [0.2, 0.25) is 5.02 Å². The number of fused-ring (bicyclic) bond motifs is 1. The molecule has 3 heterocycles. The molecule has 0 atom stereocenters. The maximum absolute atomic E-state index is 12.9. The van der Waals surface area contributed by atoms with E-state index in [0.717, 1.165) is 16.8 Å². The molecule has 0 radical (unpaired) electrons. The third-order valence-corrected chi connectivity index (χ3v) is 4.64. The number of aromatic nitrogens is 4. The minimum atomic E-state index is -4.53. The normalized spacial score (nSPS) is 11.7. The van der Waals surface area contributed by atoms with Gasteiger partial charge in [0.25, 0.3) is 5.56 Å². The largest absolute Gasteiger partial charge is 0.433 e. The van der Waals surface area contributed by atoms with E-state index in [1.165, 1.54) is 22.8 Å². The molecule has 1 aromatic carbocycles. The van der Waals surface area contributed by atoms with Gasteiger partial charge in [0.2, 0.25) is 0 Å². The molecule has 4 rings (SSSR count). The second-order valence-electron chi connectivity index (χ2n) is 6.44. The maximum atomic E-state index is 12.9. The summed E-state index contributed by atoms with van der Waals surface area (Å²) in [5.41, 5.74) is -1.45. The van der Waals surface area contributed by atoms with Gasteiger partial charge in [-0.15, -0.1) is 0 Å². The van der Waals surface area contributed by atoms with E-state index in [-0.39, 0.29) is 23.6 Å². The summed E-state index contributed by atoms with van der Waals surface area (Å²) in [7, 11) is 0. The van der Waals surface area contributed by atoms with Crippen molar-refractivity contribution >= 4 is 11.6 Å². The third kappa shape index (κ3) is 3.71. The first kappa shape index (κ1) is 19.8. The first-order valence-corrected chi connectivity index (χ1v) is 9.02. The highest BCUT2D eigenvalue weighted by atomic mass is 35.5. The van der Waals surface area contributed by atoms with Gasteiger partial charge in [-0.05, 0) is 42.0 Å². The molecule has 0 saturated carbocycles. The van der Waals surface area contributed by atoms with E-state index in [9.17, 15) is 22.8 Å². The van der Waals surface area contributed by atoms with Gasteiger partial charge in [-0.25, -0.2) is 9.36 Å². The molecule has 0 aliphatic carbocycles. The Bertz CT molecular complexity index is 1310. The molecule has 152 valence electrons. The van der Waals surface area contributed by atoms with Crippen molar-refractivity contribution in [2.45, 2.75) is 12.7 Å². The summed E-state index contributed by atoms with van der Waals surface area (Å²) in [6.45, 7) is 0.0789. The van der Waals surface area contributed by atoms with Crippen LogP contribution in [0.25, 0.3) is 17.1 Å². The molecule has 2 aliphatic rings. The first-order valence-electron chi connectivity index (χ1n) is 8.64. The average molecular weight is 433 g/mol. The van der Waals surface area contributed by atoms with Crippen molar-refractivity contribution < 1.29 is 13.2 Å². The highest BCUT2D eigenvalue weighted by Gasteiger charge is 2.32. The molecule has 0 amide bonds. The number of pyridine rings is 2. The topological polar surface area (TPSA) is 69.8 Å². The average Bonchev–Trinajstić information content (AvgIpc) is 2.68. The fraction of sp³-hybridized carbons (Fsp3) is 0.100. The Kier molecular flexibility index (Phi) is 4.90. The lowest BCUT2D eigenvalue weighted by Crippen LogP contribution is -2.36. The number of nitrogens with zero attached hydrogens (tertiary/aromatic N) is 4. The van der Waals surface area contributed by atoms with Gasteiger partial charge < -0.3 is 4.57 Å². The molecule has 6 nitrogen and oxygen atoms in total. The fourth-order valence-corrected chi connectivity index (χ4v) is 3.22. The van der Waals surface area contributed by atoms with E-state index in [2.05, 4.69) is 9.97 Å². The Morgan fingerprint density at radius 1 is 1.03 bits per heavy atom. The molecule has 0 unspecified atom stereocenters. The third-order valence-electron chi connectivity index (χ3n) is 4.40. The van der Waals surface area contributed by atoms with E-state index < -0.39 is 23.1 Å². The predicted molar refractivity (Wildman–Crippen MR) is 104 cm³/mol. The molecular weight excluding hydrogens is 421 g/mol. The van der Waals surface area contributed by atoms with Crippen molar-refractivity contribution in [1.29, 1.82) is 0 Å². The predicted octanol–water partition coefficient (Wildman–Crippen LogP) is 3.61. The number of hydrogen-bond donors (Lipinski definition) is 0. The number of alkyl halides is 3. The molecular formula is C20H12ClF3N4O2. The fourth-order valence-electron chi connectivity index (χ4n) is 3.04. The van der Waals surface area contributed by atoms with Crippen LogP contribution in [0.5, 0.6) is 0 Å². The standard InChI is InChI=1S/C20H12ClF3N4O2/c21-13-3-1-4-14(9-13)28-18(29)15-5-2-8-27(17(15)26-19(28)30)11-12-6-7-16(25-10-12)20(22,23)24/h1-10H,11H2. The van der Waals surface area contributed by atoms with Gasteiger partial charge in [-0.3, -0.25) is 9.78 Å². The van der Waals surface area contributed by atoms with Crippen LogP contribution in [0.4, 0.5) is 13.2 Å². The van der Waals surface area contributed by atoms with Crippen LogP contribution in [0.3, 0.4) is 0 Å². The molecule has 30 heavy (non-hydrogen) atoms. The Labute approximate surface area is 172 Å². The van der Waals surface area contributed by atoms with Gasteiger partial charge in [0, 0.05) is 17.4 Å². The van der Waals surface area contributed by atoms with Gasteiger partial charge in [0.1, 0.15) is 5.69 Å². The van der Waals surface area contributed by atoms with Crippen LogP contribution >= 0.6 is 11.6 Å². The van der Waals surface area contributed by atoms with Gasteiger partial charge in [0.05, 0.1) is 17.8 Å². The molecule has 2 aromatic rings. The van der Waals surface area contributed by atoms with Crippen LogP contribution in [-0.4, -0.2) is 19.1 Å². The van der Waals surface area contributed by atoms with Crippen LogP contribution in [0.15, 0.2) is 70.5 Å². The lowest BCUT2D eigenvalue weighted by molar-refractivity contribution is -0.141. The summed E-state index contributed by atoms with van der Waals surface area (Å²) in [6.07, 6.45) is -1.86. The van der Waals surface area contributed by atoms with Gasteiger partial charge >= 0.3 is 11.9 Å². The van der Waals surface area contributed by atoms with Crippen molar-refractivity contribution in [3.63, 3.8) is 0 Å². The Hall–Kier alpha value is -3.46. The molecule has 0 saturated heterocycles. The summed E-state index contributed by atoms with van der Waals surface area (Å²) < 4.78 is 40.5. The van der Waals surface area contributed by atoms with Gasteiger partial charge in [-0.1, -0.05) is 23.7 Å².